The molecule has 0 aromatic rings. The second-order valence-corrected chi connectivity index (χ2v) is 3.56. The van der Waals surface area contributed by atoms with Crippen LogP contribution in [0.1, 0.15) is 20.3 Å². The van der Waals surface area contributed by atoms with Gasteiger partial charge in [0.2, 0.25) is 0 Å². The van der Waals surface area contributed by atoms with E-state index >= 15 is 0 Å². The molecule has 0 aliphatic heterocycles. The first-order valence-corrected chi connectivity index (χ1v) is 3.23. The number of hydrogen-bond acceptors (Lipinski definition) is 0. The Labute approximate surface area is 80.1 Å². The summed E-state index contributed by atoms with van der Waals surface area (Å²) in [7, 11) is 0. The fraction of sp³-hybridized carbons (Fsp3) is 0.750. The average Bonchev–Trinajstić information content (AvgIpc) is 1.38. The summed E-state index contributed by atoms with van der Waals surface area (Å²) < 4.78 is 1.59. The van der Waals surface area contributed by atoms with Gasteiger partial charge >= 0.3 is 43.5 Å². The normalized spacial score (nSPS) is 6.33. The molecule has 0 unspecified atom stereocenters. The molecule has 0 aromatic heterocycles. The van der Waals surface area contributed by atoms with Gasteiger partial charge in [0.15, 0.2) is 0 Å². The Morgan fingerprint density at radius 1 is 1.67 bits per heavy atom. The van der Waals surface area contributed by atoms with Crippen molar-refractivity contribution >= 4 is 3.90 Å². The van der Waals surface area contributed by atoms with E-state index in [1.165, 1.54) is 6.42 Å². The van der Waals surface area contributed by atoms with Crippen molar-refractivity contribution in [3.05, 3.63) is 0 Å². The molecule has 0 aliphatic rings. The summed E-state index contributed by atoms with van der Waals surface area (Å²) in [4.78, 5) is 0. The predicted molar refractivity (Wildman–Crippen MR) is 21.0 cm³/mol. The van der Waals surface area contributed by atoms with E-state index < -0.39 is 0 Å². The van der Waals surface area contributed by atoms with Crippen LogP contribution in [0, 0.1) is 37.7 Å². The second kappa shape index (κ2) is 6.82. The SMILES string of the molecule is CC[C](C)=[W].[Ar]. The molecule has 2 heteroatoms. The first-order valence-electron chi connectivity index (χ1n) is 1.76. The zero-order chi connectivity index (χ0) is 4.28. The van der Waals surface area contributed by atoms with Gasteiger partial charge < -0.3 is 0 Å². The van der Waals surface area contributed by atoms with Crippen molar-refractivity contribution in [3.8, 4) is 0 Å². The summed E-state index contributed by atoms with van der Waals surface area (Å²) in [5.74, 6) is 0. The molecule has 0 bridgehead atoms. The van der Waals surface area contributed by atoms with Crippen molar-refractivity contribution in [2.45, 2.75) is 20.3 Å². The van der Waals surface area contributed by atoms with E-state index in [2.05, 4.69) is 13.8 Å². The van der Waals surface area contributed by atoms with Gasteiger partial charge in [0.25, 0.3) is 0 Å². The summed E-state index contributed by atoms with van der Waals surface area (Å²) in [6.45, 7) is 4.36. The van der Waals surface area contributed by atoms with E-state index in [4.69, 9.17) is 0 Å². The fourth-order valence-electron chi connectivity index (χ4n) is 0. The second-order valence-electron chi connectivity index (χ2n) is 1.06. The zero-order valence-electron chi connectivity index (χ0n) is 3.97. The molecular formula is C4H8ArW. The summed E-state index contributed by atoms with van der Waals surface area (Å²) in [5.41, 5.74) is 0. The Balaban J connectivity index is 0. The van der Waals surface area contributed by atoms with Gasteiger partial charge in [-0.25, -0.2) is 0 Å². The van der Waals surface area contributed by atoms with Gasteiger partial charge in [0.05, 0.1) is 0 Å². The summed E-state index contributed by atoms with van der Waals surface area (Å²) in [5, 5.41) is 0. The first kappa shape index (κ1) is 10.7. The average molecular weight is 280 g/mol. The molecule has 0 spiro atoms. The van der Waals surface area contributed by atoms with Crippen molar-refractivity contribution in [2.75, 3.05) is 0 Å². The number of hydrogen-bond donors (Lipinski definition) is 0. The van der Waals surface area contributed by atoms with Crippen molar-refractivity contribution in [2.24, 2.45) is 0 Å². The fourth-order valence-corrected chi connectivity index (χ4v) is 0. The smallest absolute Gasteiger partial charge is 0 e. The van der Waals surface area contributed by atoms with Gasteiger partial charge in [-0.3, -0.25) is 0 Å². The van der Waals surface area contributed by atoms with E-state index in [9.17, 15) is 0 Å². The van der Waals surface area contributed by atoms with Crippen LogP contribution in [-0.4, -0.2) is 3.90 Å². The molecule has 6 heavy (non-hydrogen) atoms. The van der Waals surface area contributed by atoms with Crippen molar-refractivity contribution in [1.29, 1.82) is 0 Å². The van der Waals surface area contributed by atoms with Gasteiger partial charge in [-0.2, -0.15) is 0 Å². The van der Waals surface area contributed by atoms with Gasteiger partial charge in [0.1, 0.15) is 0 Å². The molecular weight excluding hydrogens is 272 g/mol. The monoisotopic (exact) mass is 280 g/mol. The Bertz CT molecular complexity index is 42.8. The molecule has 0 fully saturated rings. The van der Waals surface area contributed by atoms with Crippen LogP contribution in [0.25, 0.3) is 0 Å². The Morgan fingerprint density at radius 2 is 1.83 bits per heavy atom. The molecule has 0 rings (SSSR count). The van der Waals surface area contributed by atoms with Gasteiger partial charge in [-0.1, -0.05) is 0 Å². The van der Waals surface area contributed by atoms with E-state index in [0.717, 1.165) is 0 Å². The summed E-state index contributed by atoms with van der Waals surface area (Å²) >= 11 is 1.63. The van der Waals surface area contributed by atoms with E-state index in [1.54, 1.807) is 23.3 Å². The van der Waals surface area contributed by atoms with Crippen molar-refractivity contribution in [1.82, 2.24) is 0 Å². The summed E-state index contributed by atoms with van der Waals surface area (Å²) in [6.07, 6.45) is 1.26. The van der Waals surface area contributed by atoms with Crippen LogP contribution in [0.4, 0.5) is 0 Å². The van der Waals surface area contributed by atoms with Crippen LogP contribution in [0.5, 0.6) is 0 Å². The molecule has 0 amide bonds. The van der Waals surface area contributed by atoms with Gasteiger partial charge in [-0.05, 0) is 0 Å². The Morgan fingerprint density at radius 3 is 1.83 bits per heavy atom. The van der Waals surface area contributed by atoms with E-state index in [-0.39, 0.29) is 37.7 Å². The first-order chi connectivity index (χ1) is 2.27. The third-order valence-electron chi connectivity index (χ3n) is 0.498. The molecule has 0 nitrogen and oxygen atoms in total. The molecule has 0 atom stereocenters. The molecule has 0 N–H and O–H groups in total. The Kier molecular flexibility index (Phi) is 12.2. The largest absolute Gasteiger partial charge is 0 e. The predicted octanol–water partition coefficient (Wildman–Crippen LogP) is 1.14. The van der Waals surface area contributed by atoms with Crippen LogP contribution in [-0.2, 0) is 19.4 Å². The molecule has 0 radical (unpaired) electrons. The van der Waals surface area contributed by atoms with Crippen LogP contribution < -0.4 is 0 Å². The molecule has 38 valence electrons. The van der Waals surface area contributed by atoms with E-state index in [1.807, 2.05) is 0 Å². The molecule has 0 aliphatic carbocycles. The third kappa shape index (κ3) is 9.26. The van der Waals surface area contributed by atoms with Crippen molar-refractivity contribution < 1.29 is 57.1 Å². The topological polar surface area (TPSA) is 0 Å². The minimum absolute atomic E-state index is 0. The third-order valence-corrected chi connectivity index (χ3v) is 1.54. The maximum Gasteiger partial charge on any atom is 0 e. The minimum atomic E-state index is 0. The molecule has 0 aromatic carbocycles. The van der Waals surface area contributed by atoms with Gasteiger partial charge in [0, 0.05) is 37.7 Å². The molecule has 0 heterocycles. The zero-order valence-corrected chi connectivity index (χ0v) is 7.61. The van der Waals surface area contributed by atoms with Crippen LogP contribution in [0.15, 0.2) is 0 Å². The minimum Gasteiger partial charge on any atom is 0 e. The van der Waals surface area contributed by atoms with E-state index in [0.29, 0.717) is 0 Å². The van der Waals surface area contributed by atoms with Gasteiger partial charge in [-0.15, -0.1) is 0 Å². The Hall–Kier alpha value is 1.82. The van der Waals surface area contributed by atoms with Crippen LogP contribution >= 0.6 is 0 Å². The quantitative estimate of drug-likeness (QED) is 0.675. The maximum absolute atomic E-state index is 2.18. The summed E-state index contributed by atoms with van der Waals surface area (Å²) in [6, 6.07) is 0. The molecule has 0 saturated heterocycles. The van der Waals surface area contributed by atoms with Crippen LogP contribution in [0.2, 0.25) is 0 Å². The van der Waals surface area contributed by atoms with Crippen molar-refractivity contribution in [3.63, 3.8) is 0 Å². The maximum atomic E-state index is 2.18. The molecule has 0 saturated carbocycles. The van der Waals surface area contributed by atoms with Crippen LogP contribution in [0.3, 0.4) is 0 Å². The number of rotatable bonds is 1. The standard InChI is InChI=1S/C4H8.Ar.W/c1-3-4-2;;/h3H2,1-2H3;;.